The summed E-state index contributed by atoms with van der Waals surface area (Å²) in [7, 11) is 0. The van der Waals surface area contributed by atoms with Gasteiger partial charge in [-0.2, -0.15) is 0 Å². The third-order valence-electron chi connectivity index (χ3n) is 3.89. The minimum absolute atomic E-state index is 0.322. The zero-order chi connectivity index (χ0) is 11.8. The van der Waals surface area contributed by atoms with Gasteiger partial charge in [0, 0.05) is 6.61 Å². The smallest absolute Gasteiger partial charge is 0.0606 e. The van der Waals surface area contributed by atoms with E-state index in [1.165, 1.54) is 32.1 Å². The number of unbranched alkanes of at least 4 members (excludes halogenated alkanes) is 1. The van der Waals surface area contributed by atoms with Gasteiger partial charge >= 0.3 is 0 Å². The summed E-state index contributed by atoms with van der Waals surface area (Å²) in [5, 5.41) is 8.77. The van der Waals surface area contributed by atoms with E-state index in [9.17, 15) is 0 Å². The molecule has 1 saturated heterocycles. The van der Waals surface area contributed by atoms with Gasteiger partial charge in [-0.1, -0.05) is 26.7 Å². The third kappa shape index (κ3) is 4.42. The lowest BCUT2D eigenvalue weighted by atomic mass is 9.89. The van der Waals surface area contributed by atoms with Crippen LogP contribution in [0.3, 0.4) is 0 Å². The first kappa shape index (κ1) is 14.0. The molecule has 1 aliphatic rings. The maximum Gasteiger partial charge on any atom is 0.0606 e. The van der Waals surface area contributed by atoms with Gasteiger partial charge in [-0.15, -0.1) is 0 Å². The zero-order valence-electron chi connectivity index (χ0n) is 11.0. The first-order valence-electron chi connectivity index (χ1n) is 7.08. The van der Waals surface area contributed by atoms with Crippen molar-refractivity contribution in [3.63, 3.8) is 0 Å². The van der Waals surface area contributed by atoms with E-state index in [2.05, 4.69) is 13.8 Å². The van der Waals surface area contributed by atoms with E-state index in [0.717, 1.165) is 25.2 Å². The largest absolute Gasteiger partial charge is 0.396 e. The molecule has 1 heterocycles. The Bertz CT molecular complexity index is 166. The lowest BCUT2D eigenvalue weighted by Crippen LogP contribution is -2.33. The summed E-state index contributed by atoms with van der Waals surface area (Å²) >= 11 is 0. The molecule has 0 aromatic rings. The lowest BCUT2D eigenvalue weighted by molar-refractivity contribution is -0.0823. The summed E-state index contributed by atoms with van der Waals surface area (Å²) in [4.78, 5) is 0. The first-order chi connectivity index (χ1) is 7.81. The van der Waals surface area contributed by atoms with E-state index in [1.807, 2.05) is 0 Å². The second-order valence-corrected chi connectivity index (χ2v) is 5.02. The SMILES string of the molecule is CCC(CC)[C@H]1CCC[C@@H](CCCCO)O1. The van der Waals surface area contributed by atoms with Crippen LogP contribution in [0.25, 0.3) is 0 Å². The molecule has 0 aromatic carbocycles. The standard InChI is InChI=1S/C14H28O2/c1-3-12(4-2)14-10-7-9-13(16-14)8-5-6-11-15/h12-15H,3-11H2,1-2H3/t13-,14-/m1/s1. The molecule has 0 radical (unpaired) electrons. The van der Waals surface area contributed by atoms with Gasteiger partial charge in [-0.05, 0) is 44.4 Å². The molecule has 1 N–H and O–H groups in total. The van der Waals surface area contributed by atoms with Crippen molar-refractivity contribution in [3.8, 4) is 0 Å². The molecule has 1 aliphatic heterocycles. The highest BCUT2D eigenvalue weighted by Crippen LogP contribution is 2.29. The lowest BCUT2D eigenvalue weighted by Gasteiger charge is -2.34. The number of rotatable bonds is 7. The van der Waals surface area contributed by atoms with Crippen LogP contribution in [0, 0.1) is 5.92 Å². The summed E-state index contributed by atoms with van der Waals surface area (Å²) < 4.78 is 6.20. The number of aliphatic hydroxyl groups excluding tert-OH is 1. The average molecular weight is 228 g/mol. The van der Waals surface area contributed by atoms with Gasteiger partial charge in [0.1, 0.15) is 0 Å². The van der Waals surface area contributed by atoms with Gasteiger partial charge < -0.3 is 9.84 Å². The first-order valence-corrected chi connectivity index (χ1v) is 7.08. The molecule has 1 rings (SSSR count). The Morgan fingerprint density at radius 3 is 2.56 bits per heavy atom. The molecule has 0 aliphatic carbocycles. The molecule has 2 heteroatoms. The van der Waals surface area contributed by atoms with Crippen LogP contribution in [-0.2, 0) is 4.74 Å². The molecule has 0 amide bonds. The fourth-order valence-corrected chi connectivity index (χ4v) is 2.79. The number of aliphatic hydroxyl groups is 1. The Labute approximate surface area is 100 Å². The van der Waals surface area contributed by atoms with Crippen LogP contribution in [0.5, 0.6) is 0 Å². The highest BCUT2D eigenvalue weighted by Gasteiger charge is 2.26. The summed E-state index contributed by atoms with van der Waals surface area (Å²) in [6, 6.07) is 0. The highest BCUT2D eigenvalue weighted by atomic mass is 16.5. The van der Waals surface area contributed by atoms with E-state index in [4.69, 9.17) is 9.84 Å². The Morgan fingerprint density at radius 1 is 1.19 bits per heavy atom. The summed E-state index contributed by atoms with van der Waals surface area (Å²) in [6.07, 6.45) is 10.4. The predicted octanol–water partition coefficient (Wildman–Crippen LogP) is 3.52. The van der Waals surface area contributed by atoms with Gasteiger partial charge in [-0.3, -0.25) is 0 Å². The average Bonchev–Trinajstić information content (AvgIpc) is 2.32. The van der Waals surface area contributed by atoms with Gasteiger partial charge in [0.2, 0.25) is 0 Å². The molecule has 16 heavy (non-hydrogen) atoms. The molecule has 96 valence electrons. The normalized spacial score (nSPS) is 26.2. The number of hydrogen-bond donors (Lipinski definition) is 1. The molecular formula is C14H28O2. The van der Waals surface area contributed by atoms with Crippen LogP contribution in [-0.4, -0.2) is 23.9 Å². The monoisotopic (exact) mass is 228 g/mol. The van der Waals surface area contributed by atoms with Crippen molar-refractivity contribution in [1.82, 2.24) is 0 Å². The summed E-state index contributed by atoms with van der Waals surface area (Å²) in [5.74, 6) is 0.751. The summed E-state index contributed by atoms with van der Waals surface area (Å²) in [6.45, 7) is 4.86. The van der Waals surface area contributed by atoms with Crippen molar-refractivity contribution in [2.45, 2.75) is 77.4 Å². The molecule has 0 saturated carbocycles. The van der Waals surface area contributed by atoms with Crippen molar-refractivity contribution < 1.29 is 9.84 Å². The quantitative estimate of drug-likeness (QED) is 0.676. The van der Waals surface area contributed by atoms with Gasteiger partial charge in [0.25, 0.3) is 0 Å². The van der Waals surface area contributed by atoms with Gasteiger partial charge in [0.15, 0.2) is 0 Å². The van der Waals surface area contributed by atoms with Crippen LogP contribution < -0.4 is 0 Å². The number of hydrogen-bond acceptors (Lipinski definition) is 2. The molecule has 0 spiro atoms. The third-order valence-corrected chi connectivity index (χ3v) is 3.89. The molecule has 0 bridgehead atoms. The van der Waals surface area contributed by atoms with Crippen molar-refractivity contribution in [1.29, 1.82) is 0 Å². The van der Waals surface area contributed by atoms with Gasteiger partial charge in [0.05, 0.1) is 12.2 Å². The van der Waals surface area contributed by atoms with Crippen molar-refractivity contribution in [2.24, 2.45) is 5.92 Å². The maximum absolute atomic E-state index is 8.77. The molecule has 0 unspecified atom stereocenters. The van der Waals surface area contributed by atoms with Crippen LogP contribution in [0.2, 0.25) is 0 Å². The fourth-order valence-electron chi connectivity index (χ4n) is 2.79. The van der Waals surface area contributed by atoms with Crippen LogP contribution >= 0.6 is 0 Å². The molecule has 2 atom stereocenters. The van der Waals surface area contributed by atoms with Crippen molar-refractivity contribution in [3.05, 3.63) is 0 Å². The minimum atomic E-state index is 0.322. The van der Waals surface area contributed by atoms with Crippen molar-refractivity contribution in [2.75, 3.05) is 6.61 Å². The Morgan fingerprint density at radius 2 is 1.94 bits per heavy atom. The highest BCUT2D eigenvalue weighted by molar-refractivity contribution is 4.76. The summed E-state index contributed by atoms with van der Waals surface area (Å²) in [5.41, 5.74) is 0. The Kier molecular flexibility index (Phi) is 7.06. The number of ether oxygens (including phenoxy) is 1. The van der Waals surface area contributed by atoms with Gasteiger partial charge in [-0.25, -0.2) is 0 Å². The second-order valence-electron chi connectivity index (χ2n) is 5.02. The van der Waals surface area contributed by atoms with Crippen LogP contribution in [0.4, 0.5) is 0 Å². The van der Waals surface area contributed by atoms with E-state index in [-0.39, 0.29) is 0 Å². The zero-order valence-corrected chi connectivity index (χ0v) is 11.0. The molecule has 0 aromatic heterocycles. The second kappa shape index (κ2) is 8.08. The van der Waals surface area contributed by atoms with E-state index < -0.39 is 0 Å². The topological polar surface area (TPSA) is 29.5 Å². The minimum Gasteiger partial charge on any atom is -0.396 e. The van der Waals surface area contributed by atoms with E-state index in [0.29, 0.717) is 18.8 Å². The predicted molar refractivity (Wildman–Crippen MR) is 67.5 cm³/mol. The fraction of sp³-hybridized carbons (Fsp3) is 1.00. The maximum atomic E-state index is 8.77. The Hall–Kier alpha value is -0.0800. The molecular weight excluding hydrogens is 200 g/mol. The molecule has 2 nitrogen and oxygen atoms in total. The van der Waals surface area contributed by atoms with E-state index >= 15 is 0 Å². The molecule has 1 fully saturated rings. The van der Waals surface area contributed by atoms with Crippen LogP contribution in [0.1, 0.15) is 65.2 Å². The Balaban J connectivity index is 2.28. The van der Waals surface area contributed by atoms with Crippen LogP contribution in [0.15, 0.2) is 0 Å². The van der Waals surface area contributed by atoms with E-state index in [1.54, 1.807) is 0 Å². The van der Waals surface area contributed by atoms with Crippen molar-refractivity contribution >= 4 is 0 Å².